The Hall–Kier alpha value is -1.15. The second kappa shape index (κ2) is 6.44. The highest BCUT2D eigenvalue weighted by molar-refractivity contribution is 5.72. The molecule has 0 N–H and O–H groups in total. The predicted molar refractivity (Wildman–Crippen MR) is 110 cm³/mol. The zero-order chi connectivity index (χ0) is 18.6. The number of aromatic nitrogens is 1. The van der Waals surface area contributed by atoms with Crippen molar-refractivity contribution in [2.24, 2.45) is 28.6 Å². The summed E-state index contributed by atoms with van der Waals surface area (Å²) in [6.07, 6.45) is 17.6. The van der Waals surface area contributed by atoms with Crippen LogP contribution in [0, 0.1) is 28.6 Å². The molecule has 2 heteroatoms. The minimum Gasteiger partial charge on any atom is -0.378 e. The standard InChI is InChI=1S/C25H35NO/c1-4-17-14-18(16-26-15-17)20-7-8-21-19-6-9-23-25(3,11-5-13-27-23)22(19)10-12-24(20,21)2/h7,14-16,19,21-23H,4-6,8-13H2,1-3H3/t19-,21-,22-,23-,24+,25+/m0/s1. The van der Waals surface area contributed by atoms with Crippen LogP contribution in [0.25, 0.3) is 5.57 Å². The summed E-state index contributed by atoms with van der Waals surface area (Å²) in [6, 6.07) is 2.39. The van der Waals surface area contributed by atoms with Gasteiger partial charge in [-0.25, -0.2) is 0 Å². The minimum atomic E-state index is 0.341. The number of ether oxygens (including phenoxy) is 1. The fraction of sp³-hybridized carbons (Fsp3) is 0.720. The molecule has 2 heterocycles. The van der Waals surface area contributed by atoms with Crippen LogP contribution in [-0.2, 0) is 11.2 Å². The van der Waals surface area contributed by atoms with Crippen molar-refractivity contribution in [3.8, 4) is 0 Å². The molecule has 3 aliphatic carbocycles. The van der Waals surface area contributed by atoms with E-state index in [-0.39, 0.29) is 0 Å². The summed E-state index contributed by atoms with van der Waals surface area (Å²) in [5.41, 5.74) is 5.11. The SMILES string of the molecule is CCc1cncc(C2=CC[C@H]3[C@@H]4CC[C@@H]5OCCC[C@]5(C)[C@H]4CC[C@]23C)c1. The molecule has 1 aromatic heterocycles. The van der Waals surface area contributed by atoms with Gasteiger partial charge in [0.05, 0.1) is 6.10 Å². The fourth-order valence-electron chi connectivity index (χ4n) is 7.56. The Morgan fingerprint density at radius 1 is 1.11 bits per heavy atom. The van der Waals surface area contributed by atoms with Crippen LogP contribution in [0.4, 0.5) is 0 Å². The van der Waals surface area contributed by atoms with Gasteiger partial charge in [0.1, 0.15) is 0 Å². The molecule has 2 nitrogen and oxygen atoms in total. The summed E-state index contributed by atoms with van der Waals surface area (Å²) < 4.78 is 6.27. The number of fused-ring (bicyclic) bond motifs is 5. The average molecular weight is 366 g/mol. The number of nitrogens with zero attached hydrogens (tertiary/aromatic N) is 1. The van der Waals surface area contributed by atoms with Crippen molar-refractivity contribution < 1.29 is 4.74 Å². The number of aryl methyl sites for hydroxylation is 1. The monoisotopic (exact) mass is 365 g/mol. The summed E-state index contributed by atoms with van der Waals surface area (Å²) >= 11 is 0. The molecule has 1 aromatic rings. The zero-order valence-electron chi connectivity index (χ0n) is 17.3. The molecule has 146 valence electrons. The molecule has 0 spiro atoms. The molecule has 0 radical (unpaired) electrons. The molecule has 2 saturated carbocycles. The van der Waals surface area contributed by atoms with E-state index < -0.39 is 0 Å². The van der Waals surface area contributed by atoms with E-state index in [4.69, 9.17) is 4.74 Å². The van der Waals surface area contributed by atoms with E-state index in [1.54, 1.807) is 5.57 Å². The van der Waals surface area contributed by atoms with Gasteiger partial charge in [-0.1, -0.05) is 26.8 Å². The lowest BCUT2D eigenvalue weighted by atomic mass is 9.47. The number of hydrogen-bond donors (Lipinski definition) is 0. The number of pyridine rings is 1. The first-order chi connectivity index (χ1) is 13.1. The molecule has 3 fully saturated rings. The Balaban J connectivity index is 1.45. The molecule has 6 atom stereocenters. The summed E-state index contributed by atoms with van der Waals surface area (Å²) in [5, 5.41) is 0. The highest BCUT2D eigenvalue weighted by atomic mass is 16.5. The second-order valence-corrected chi connectivity index (χ2v) is 10.2. The van der Waals surface area contributed by atoms with E-state index in [0.29, 0.717) is 16.9 Å². The van der Waals surface area contributed by atoms with E-state index in [1.807, 2.05) is 6.20 Å². The smallest absolute Gasteiger partial charge is 0.0631 e. The summed E-state index contributed by atoms with van der Waals surface area (Å²) in [7, 11) is 0. The van der Waals surface area contributed by atoms with Gasteiger partial charge < -0.3 is 4.74 Å². The van der Waals surface area contributed by atoms with Gasteiger partial charge in [-0.2, -0.15) is 0 Å². The van der Waals surface area contributed by atoms with Gasteiger partial charge in [0, 0.05) is 19.0 Å². The molecule has 0 amide bonds. The van der Waals surface area contributed by atoms with Crippen LogP contribution in [0.5, 0.6) is 0 Å². The van der Waals surface area contributed by atoms with E-state index in [1.165, 1.54) is 56.1 Å². The number of allylic oxidation sites excluding steroid dienone is 2. The van der Waals surface area contributed by atoms with Gasteiger partial charge in [-0.15, -0.1) is 0 Å². The Morgan fingerprint density at radius 2 is 2.00 bits per heavy atom. The van der Waals surface area contributed by atoms with Gasteiger partial charge in [-0.05, 0) is 103 Å². The van der Waals surface area contributed by atoms with Crippen LogP contribution in [0.1, 0.15) is 76.8 Å². The minimum absolute atomic E-state index is 0.341. The molecule has 0 unspecified atom stereocenters. The summed E-state index contributed by atoms with van der Waals surface area (Å²) in [6.45, 7) is 8.35. The van der Waals surface area contributed by atoms with Crippen LogP contribution in [0.2, 0.25) is 0 Å². The van der Waals surface area contributed by atoms with E-state index in [9.17, 15) is 0 Å². The summed E-state index contributed by atoms with van der Waals surface area (Å²) in [4.78, 5) is 4.56. The molecule has 1 saturated heterocycles. The first-order valence-corrected chi connectivity index (χ1v) is 11.3. The normalized spacial score (nSPS) is 43.4. The topological polar surface area (TPSA) is 22.1 Å². The van der Waals surface area contributed by atoms with Crippen LogP contribution in [0.3, 0.4) is 0 Å². The van der Waals surface area contributed by atoms with Gasteiger partial charge in [-0.3, -0.25) is 4.98 Å². The van der Waals surface area contributed by atoms with Crippen molar-refractivity contribution in [2.75, 3.05) is 6.61 Å². The van der Waals surface area contributed by atoms with Crippen molar-refractivity contribution in [1.29, 1.82) is 0 Å². The van der Waals surface area contributed by atoms with Crippen LogP contribution < -0.4 is 0 Å². The maximum Gasteiger partial charge on any atom is 0.0631 e. The maximum absolute atomic E-state index is 6.27. The van der Waals surface area contributed by atoms with Crippen LogP contribution in [0.15, 0.2) is 24.5 Å². The molecule has 4 aliphatic rings. The predicted octanol–water partition coefficient (Wildman–Crippen LogP) is 6.06. The first-order valence-electron chi connectivity index (χ1n) is 11.3. The van der Waals surface area contributed by atoms with Crippen molar-refractivity contribution in [3.05, 3.63) is 35.7 Å². The van der Waals surface area contributed by atoms with E-state index in [0.717, 1.165) is 30.8 Å². The third-order valence-electron chi connectivity index (χ3n) is 9.06. The number of hydrogen-bond acceptors (Lipinski definition) is 2. The highest BCUT2D eigenvalue weighted by Gasteiger charge is 2.58. The Labute approximate surface area is 164 Å². The van der Waals surface area contributed by atoms with Crippen LogP contribution >= 0.6 is 0 Å². The molecular formula is C25H35NO. The lowest BCUT2D eigenvalue weighted by Gasteiger charge is -2.59. The van der Waals surface area contributed by atoms with Gasteiger partial charge in [0.25, 0.3) is 0 Å². The van der Waals surface area contributed by atoms with Gasteiger partial charge in [0.2, 0.25) is 0 Å². The largest absolute Gasteiger partial charge is 0.378 e. The quantitative estimate of drug-likeness (QED) is 0.635. The molecule has 0 bridgehead atoms. The van der Waals surface area contributed by atoms with Crippen LogP contribution in [-0.4, -0.2) is 17.7 Å². The molecule has 1 aliphatic heterocycles. The second-order valence-electron chi connectivity index (χ2n) is 10.2. The third kappa shape index (κ3) is 2.58. The maximum atomic E-state index is 6.27. The van der Waals surface area contributed by atoms with Crippen molar-refractivity contribution in [1.82, 2.24) is 4.98 Å². The lowest BCUT2D eigenvalue weighted by Crippen LogP contribution is -2.55. The Bertz CT molecular complexity index is 754. The van der Waals surface area contributed by atoms with Gasteiger partial charge >= 0.3 is 0 Å². The molecule has 27 heavy (non-hydrogen) atoms. The van der Waals surface area contributed by atoms with E-state index in [2.05, 4.69) is 44.1 Å². The Kier molecular flexibility index (Phi) is 4.27. The molecule has 5 rings (SSSR count). The average Bonchev–Trinajstić information content (AvgIpc) is 3.05. The number of rotatable bonds is 2. The molecular weight excluding hydrogens is 330 g/mol. The first kappa shape index (κ1) is 17.9. The fourth-order valence-corrected chi connectivity index (χ4v) is 7.56. The molecule has 0 aromatic carbocycles. The van der Waals surface area contributed by atoms with Crippen molar-refractivity contribution in [2.45, 2.75) is 78.2 Å². The van der Waals surface area contributed by atoms with Crippen molar-refractivity contribution in [3.63, 3.8) is 0 Å². The zero-order valence-corrected chi connectivity index (χ0v) is 17.3. The van der Waals surface area contributed by atoms with Crippen molar-refractivity contribution >= 4 is 5.57 Å². The highest BCUT2D eigenvalue weighted by Crippen LogP contribution is 2.65. The Morgan fingerprint density at radius 3 is 2.85 bits per heavy atom. The summed E-state index contributed by atoms with van der Waals surface area (Å²) in [5.74, 6) is 2.56. The van der Waals surface area contributed by atoms with Gasteiger partial charge in [0.15, 0.2) is 0 Å². The lowest BCUT2D eigenvalue weighted by molar-refractivity contribution is -0.168. The third-order valence-corrected chi connectivity index (χ3v) is 9.06. The van der Waals surface area contributed by atoms with E-state index >= 15 is 0 Å².